The largest absolute Gasteiger partial charge is 0.487 e. The van der Waals surface area contributed by atoms with Gasteiger partial charge in [0.05, 0.1) is 15.1 Å². The monoisotopic (exact) mass is 409 g/mol. The zero-order chi connectivity index (χ0) is 18.5. The fourth-order valence-electron chi connectivity index (χ4n) is 2.35. The van der Waals surface area contributed by atoms with Crippen molar-refractivity contribution in [2.45, 2.75) is 13.2 Å². The van der Waals surface area contributed by atoms with Gasteiger partial charge in [0.25, 0.3) is 0 Å². The second-order valence-electron chi connectivity index (χ2n) is 5.63. The molecule has 0 radical (unpaired) electrons. The van der Waals surface area contributed by atoms with Crippen molar-refractivity contribution in [2.75, 3.05) is 5.32 Å². The van der Waals surface area contributed by atoms with Gasteiger partial charge in [0.1, 0.15) is 18.2 Å². The van der Waals surface area contributed by atoms with Gasteiger partial charge in [-0.05, 0) is 42.0 Å². The molecule has 0 fully saturated rings. The topological polar surface area (TPSA) is 21.3 Å². The van der Waals surface area contributed by atoms with E-state index in [2.05, 4.69) is 5.32 Å². The lowest BCUT2D eigenvalue weighted by atomic mass is 10.2. The van der Waals surface area contributed by atoms with Crippen LogP contribution in [0.4, 0.5) is 10.1 Å². The van der Waals surface area contributed by atoms with Gasteiger partial charge in [-0.3, -0.25) is 0 Å². The van der Waals surface area contributed by atoms with Crippen molar-refractivity contribution in [1.29, 1.82) is 0 Å². The normalized spacial score (nSPS) is 10.6. The van der Waals surface area contributed by atoms with Crippen molar-refractivity contribution in [3.8, 4) is 5.75 Å². The van der Waals surface area contributed by atoms with Crippen molar-refractivity contribution in [1.82, 2.24) is 0 Å². The Kier molecular flexibility index (Phi) is 6.25. The molecule has 0 amide bonds. The molecule has 134 valence electrons. The van der Waals surface area contributed by atoms with Crippen molar-refractivity contribution in [3.63, 3.8) is 0 Å². The number of halogens is 4. The van der Waals surface area contributed by atoms with E-state index in [9.17, 15) is 4.39 Å². The number of hydrogen-bond donors (Lipinski definition) is 1. The minimum atomic E-state index is -0.300. The summed E-state index contributed by atoms with van der Waals surface area (Å²) in [6.45, 7) is 0.679. The van der Waals surface area contributed by atoms with Crippen LogP contribution in [0.2, 0.25) is 15.1 Å². The Morgan fingerprint density at radius 1 is 0.846 bits per heavy atom. The number of hydrogen-bond acceptors (Lipinski definition) is 2. The van der Waals surface area contributed by atoms with Crippen LogP contribution in [-0.2, 0) is 13.2 Å². The van der Waals surface area contributed by atoms with Gasteiger partial charge in [0.2, 0.25) is 0 Å². The first-order chi connectivity index (χ1) is 12.5. The molecular weight excluding hydrogens is 396 g/mol. The van der Waals surface area contributed by atoms with E-state index in [1.54, 1.807) is 36.4 Å². The fraction of sp³-hybridized carbons (Fsp3) is 0.100. The molecule has 6 heteroatoms. The zero-order valence-corrected chi connectivity index (χ0v) is 15.9. The maximum atomic E-state index is 13.6. The molecule has 0 spiro atoms. The van der Waals surface area contributed by atoms with E-state index in [1.807, 2.05) is 18.2 Å². The van der Waals surface area contributed by atoms with Crippen molar-refractivity contribution in [3.05, 3.63) is 92.7 Å². The Balaban J connectivity index is 1.61. The second-order valence-corrected chi connectivity index (χ2v) is 6.85. The average molecular weight is 411 g/mol. The lowest BCUT2D eigenvalue weighted by Gasteiger charge is -2.11. The molecule has 26 heavy (non-hydrogen) atoms. The molecule has 0 aromatic heterocycles. The molecule has 0 atom stereocenters. The highest BCUT2D eigenvalue weighted by atomic mass is 35.5. The van der Waals surface area contributed by atoms with Gasteiger partial charge in [-0.25, -0.2) is 4.39 Å². The van der Waals surface area contributed by atoms with E-state index in [-0.39, 0.29) is 12.4 Å². The molecule has 0 aliphatic rings. The van der Waals surface area contributed by atoms with Crippen LogP contribution in [-0.4, -0.2) is 0 Å². The summed E-state index contributed by atoms with van der Waals surface area (Å²) in [4.78, 5) is 0. The van der Waals surface area contributed by atoms with Gasteiger partial charge in [0.15, 0.2) is 0 Å². The molecule has 0 saturated heterocycles. The van der Waals surface area contributed by atoms with Crippen LogP contribution >= 0.6 is 34.8 Å². The minimum Gasteiger partial charge on any atom is -0.487 e. The summed E-state index contributed by atoms with van der Waals surface area (Å²) in [5.41, 5.74) is 2.31. The maximum Gasteiger partial charge on any atom is 0.138 e. The van der Waals surface area contributed by atoms with Gasteiger partial charge < -0.3 is 10.1 Å². The van der Waals surface area contributed by atoms with Crippen molar-refractivity contribution >= 4 is 40.5 Å². The number of ether oxygens (including phenoxy) is 1. The summed E-state index contributed by atoms with van der Waals surface area (Å²) in [5, 5.41) is 4.72. The van der Waals surface area contributed by atoms with Crippen molar-refractivity contribution < 1.29 is 9.13 Å². The quantitative estimate of drug-likeness (QED) is 0.473. The molecule has 3 rings (SSSR count). The van der Waals surface area contributed by atoms with Crippen LogP contribution in [0.3, 0.4) is 0 Å². The number of anilines is 1. The van der Waals surface area contributed by atoms with E-state index < -0.39 is 0 Å². The highest BCUT2D eigenvalue weighted by Gasteiger charge is 2.07. The Morgan fingerprint density at radius 2 is 1.65 bits per heavy atom. The molecule has 2 nitrogen and oxygen atoms in total. The predicted molar refractivity (Wildman–Crippen MR) is 106 cm³/mol. The standard InChI is InChI=1S/C20H15Cl3FNO/c21-16-7-6-15(10-17(16)22)25-11-13-5-8-20(18(23)9-13)26-12-14-3-1-2-4-19(14)24/h1-10,25H,11-12H2. The minimum absolute atomic E-state index is 0.118. The zero-order valence-electron chi connectivity index (χ0n) is 13.6. The first-order valence-corrected chi connectivity index (χ1v) is 9.00. The maximum absolute atomic E-state index is 13.6. The SMILES string of the molecule is Fc1ccccc1COc1ccc(CNc2ccc(Cl)c(Cl)c2)cc1Cl. The molecule has 0 aliphatic heterocycles. The third-order valence-corrected chi connectivity index (χ3v) is 4.79. The molecular formula is C20H15Cl3FNO. The summed E-state index contributed by atoms with van der Waals surface area (Å²) in [6.07, 6.45) is 0. The molecule has 0 saturated carbocycles. The molecule has 0 heterocycles. The van der Waals surface area contributed by atoms with Gasteiger partial charge >= 0.3 is 0 Å². The fourth-order valence-corrected chi connectivity index (χ4v) is 2.91. The predicted octanol–water partition coefficient (Wildman–Crippen LogP) is 6.98. The molecule has 1 N–H and O–H groups in total. The van der Waals surface area contributed by atoms with E-state index in [4.69, 9.17) is 39.5 Å². The highest BCUT2D eigenvalue weighted by Crippen LogP contribution is 2.28. The first-order valence-electron chi connectivity index (χ1n) is 7.86. The third kappa shape index (κ3) is 4.82. The second kappa shape index (κ2) is 8.63. The van der Waals surface area contributed by atoms with Crippen molar-refractivity contribution in [2.24, 2.45) is 0 Å². The van der Waals surface area contributed by atoms with E-state index in [0.717, 1.165) is 11.3 Å². The molecule has 0 aliphatic carbocycles. The van der Waals surface area contributed by atoms with Crippen LogP contribution in [0.25, 0.3) is 0 Å². The summed E-state index contributed by atoms with van der Waals surface area (Å²) in [6, 6.07) is 17.3. The molecule has 3 aromatic rings. The molecule has 0 bridgehead atoms. The van der Waals surface area contributed by atoms with Crippen LogP contribution in [0.15, 0.2) is 60.7 Å². The van der Waals surface area contributed by atoms with Crippen LogP contribution in [0.1, 0.15) is 11.1 Å². The summed E-state index contributed by atoms with van der Waals surface area (Å²) in [7, 11) is 0. The highest BCUT2D eigenvalue weighted by molar-refractivity contribution is 6.42. The van der Waals surface area contributed by atoms with E-state index in [1.165, 1.54) is 6.07 Å². The summed E-state index contributed by atoms with van der Waals surface area (Å²) >= 11 is 18.2. The lowest BCUT2D eigenvalue weighted by Crippen LogP contribution is -2.01. The van der Waals surface area contributed by atoms with Crippen LogP contribution in [0.5, 0.6) is 5.75 Å². The number of rotatable bonds is 6. The lowest BCUT2D eigenvalue weighted by molar-refractivity contribution is 0.300. The smallest absolute Gasteiger partial charge is 0.138 e. The number of nitrogens with one attached hydrogen (secondary N) is 1. The van der Waals surface area contributed by atoms with E-state index in [0.29, 0.717) is 32.9 Å². The first kappa shape index (κ1) is 18.8. The van der Waals surface area contributed by atoms with Gasteiger partial charge in [-0.1, -0.05) is 59.1 Å². The summed E-state index contributed by atoms with van der Waals surface area (Å²) < 4.78 is 19.3. The Bertz CT molecular complexity index is 917. The Labute approximate surface area is 166 Å². The third-order valence-electron chi connectivity index (χ3n) is 3.75. The van der Waals surface area contributed by atoms with E-state index >= 15 is 0 Å². The average Bonchev–Trinajstić information content (AvgIpc) is 2.63. The van der Waals surface area contributed by atoms with Crippen LogP contribution < -0.4 is 10.1 Å². The van der Waals surface area contributed by atoms with Crippen LogP contribution in [0, 0.1) is 5.82 Å². The molecule has 0 unspecified atom stereocenters. The number of benzene rings is 3. The Morgan fingerprint density at radius 3 is 2.38 bits per heavy atom. The van der Waals surface area contributed by atoms with Gasteiger partial charge in [0, 0.05) is 17.8 Å². The molecule has 3 aromatic carbocycles. The van der Waals surface area contributed by atoms with Gasteiger partial charge in [-0.2, -0.15) is 0 Å². The Hall–Kier alpha value is -1.94. The summed E-state index contributed by atoms with van der Waals surface area (Å²) in [5.74, 6) is 0.208. The van der Waals surface area contributed by atoms with Gasteiger partial charge in [-0.15, -0.1) is 0 Å².